The molecule has 7 heteroatoms. The molecule has 0 aliphatic rings. The smallest absolute Gasteiger partial charge is 0.318 e. The highest BCUT2D eigenvalue weighted by molar-refractivity contribution is 7.14. The summed E-state index contributed by atoms with van der Waals surface area (Å²) in [4.78, 5) is 39.2. The van der Waals surface area contributed by atoms with Gasteiger partial charge in [0.1, 0.15) is 5.41 Å². The minimum absolute atomic E-state index is 0.0698. The van der Waals surface area contributed by atoms with E-state index >= 15 is 0 Å². The highest BCUT2D eigenvalue weighted by atomic mass is 32.1. The van der Waals surface area contributed by atoms with E-state index in [1.54, 1.807) is 29.6 Å². The molecule has 2 N–H and O–H groups in total. The number of Topliss-reactive ketones (excluding diaryl/α,β-unsaturated/α-hetero) is 1. The van der Waals surface area contributed by atoms with E-state index in [9.17, 15) is 14.4 Å². The lowest BCUT2D eigenvalue weighted by atomic mass is 9.93. The SMILES string of the molecule is CC(C)(C(=O)O)C(=O)Nc1nc(CC(=O)c2ccccc2)cs1. The summed E-state index contributed by atoms with van der Waals surface area (Å²) in [5.74, 6) is -1.94. The molecule has 0 fully saturated rings. The highest BCUT2D eigenvalue weighted by Crippen LogP contribution is 2.22. The number of benzene rings is 1. The zero-order chi connectivity index (χ0) is 17.0. The van der Waals surface area contributed by atoms with Gasteiger partial charge >= 0.3 is 5.97 Å². The van der Waals surface area contributed by atoms with Crippen LogP contribution in [0.4, 0.5) is 5.13 Å². The Morgan fingerprint density at radius 1 is 1.22 bits per heavy atom. The van der Waals surface area contributed by atoms with Crippen LogP contribution in [0.1, 0.15) is 29.9 Å². The fourth-order valence-electron chi connectivity index (χ4n) is 1.69. The average Bonchev–Trinajstić information content (AvgIpc) is 2.94. The summed E-state index contributed by atoms with van der Waals surface area (Å²) in [5, 5.41) is 13.4. The van der Waals surface area contributed by atoms with Crippen molar-refractivity contribution in [3.63, 3.8) is 0 Å². The van der Waals surface area contributed by atoms with Crippen LogP contribution in [-0.4, -0.2) is 27.8 Å². The third-order valence-corrected chi connectivity index (χ3v) is 4.12. The molecule has 6 nitrogen and oxygen atoms in total. The number of aliphatic carboxylic acids is 1. The number of anilines is 1. The largest absolute Gasteiger partial charge is 0.480 e. The highest BCUT2D eigenvalue weighted by Gasteiger charge is 2.36. The second kappa shape index (κ2) is 6.70. The van der Waals surface area contributed by atoms with Crippen molar-refractivity contribution in [2.24, 2.45) is 5.41 Å². The van der Waals surface area contributed by atoms with Crippen LogP contribution in [0.2, 0.25) is 0 Å². The van der Waals surface area contributed by atoms with Crippen LogP contribution in [0.25, 0.3) is 0 Å². The molecule has 120 valence electrons. The third kappa shape index (κ3) is 4.01. The quantitative estimate of drug-likeness (QED) is 0.626. The summed E-state index contributed by atoms with van der Waals surface area (Å²) >= 11 is 1.15. The van der Waals surface area contributed by atoms with E-state index in [0.717, 1.165) is 11.3 Å². The lowest BCUT2D eigenvalue weighted by Gasteiger charge is -2.16. The number of thiazole rings is 1. The number of nitrogens with zero attached hydrogens (tertiary/aromatic N) is 1. The molecule has 0 saturated carbocycles. The Hall–Kier alpha value is -2.54. The Bertz CT molecular complexity index is 738. The number of carbonyl (C=O) groups is 3. The molecule has 0 saturated heterocycles. The summed E-state index contributed by atoms with van der Waals surface area (Å²) in [6.45, 7) is 2.64. The Labute approximate surface area is 137 Å². The predicted molar refractivity (Wildman–Crippen MR) is 86.6 cm³/mol. The maximum atomic E-state index is 12.1. The fraction of sp³-hybridized carbons (Fsp3) is 0.250. The number of ketones is 1. The molecule has 23 heavy (non-hydrogen) atoms. The summed E-state index contributed by atoms with van der Waals surface area (Å²) in [7, 11) is 0. The van der Waals surface area contributed by atoms with Crippen LogP contribution in [0.15, 0.2) is 35.7 Å². The van der Waals surface area contributed by atoms with E-state index in [0.29, 0.717) is 11.3 Å². The molecular formula is C16H16N2O4S. The lowest BCUT2D eigenvalue weighted by molar-refractivity contribution is -0.151. The molecule has 0 aliphatic carbocycles. The normalized spacial score (nSPS) is 11.0. The number of aromatic nitrogens is 1. The average molecular weight is 332 g/mol. The molecule has 2 rings (SSSR count). The van der Waals surface area contributed by atoms with Gasteiger partial charge < -0.3 is 10.4 Å². The minimum atomic E-state index is -1.55. The van der Waals surface area contributed by atoms with Crippen LogP contribution in [0, 0.1) is 5.41 Å². The van der Waals surface area contributed by atoms with Crippen LogP contribution < -0.4 is 5.32 Å². The maximum absolute atomic E-state index is 12.1. The number of nitrogens with one attached hydrogen (secondary N) is 1. The van der Waals surface area contributed by atoms with Gasteiger partial charge in [0.2, 0.25) is 5.91 Å². The molecule has 1 aromatic heterocycles. The van der Waals surface area contributed by atoms with E-state index in [2.05, 4.69) is 10.3 Å². The molecule has 0 atom stereocenters. The Kier molecular flexibility index (Phi) is 4.90. The maximum Gasteiger partial charge on any atom is 0.318 e. The summed E-state index contributed by atoms with van der Waals surface area (Å²) < 4.78 is 0. The van der Waals surface area contributed by atoms with Crippen molar-refractivity contribution in [2.45, 2.75) is 20.3 Å². The van der Waals surface area contributed by atoms with E-state index in [1.165, 1.54) is 13.8 Å². The van der Waals surface area contributed by atoms with Crippen molar-refractivity contribution >= 4 is 34.1 Å². The van der Waals surface area contributed by atoms with Gasteiger partial charge in [-0.1, -0.05) is 30.3 Å². The Morgan fingerprint density at radius 2 is 1.87 bits per heavy atom. The fourth-order valence-corrected chi connectivity index (χ4v) is 2.39. The first-order chi connectivity index (χ1) is 10.8. The molecule has 0 bridgehead atoms. The van der Waals surface area contributed by atoms with E-state index in [4.69, 9.17) is 5.11 Å². The van der Waals surface area contributed by atoms with Gasteiger partial charge in [0.05, 0.1) is 12.1 Å². The standard InChI is InChI=1S/C16H16N2O4S/c1-16(2,14(21)22)13(20)18-15-17-11(9-23-15)8-12(19)10-6-4-3-5-7-10/h3-7,9H,8H2,1-2H3,(H,21,22)(H,17,18,20). The van der Waals surface area contributed by atoms with Crippen LogP contribution in [0.5, 0.6) is 0 Å². The number of carboxylic acids is 1. The van der Waals surface area contributed by atoms with Crippen molar-refractivity contribution in [3.8, 4) is 0 Å². The zero-order valence-corrected chi connectivity index (χ0v) is 13.5. The van der Waals surface area contributed by atoms with Crippen molar-refractivity contribution in [2.75, 3.05) is 5.32 Å². The number of hydrogen-bond acceptors (Lipinski definition) is 5. The number of carbonyl (C=O) groups excluding carboxylic acids is 2. The topological polar surface area (TPSA) is 96.4 Å². The molecule has 2 aromatic rings. The molecular weight excluding hydrogens is 316 g/mol. The van der Waals surface area contributed by atoms with Crippen LogP contribution in [-0.2, 0) is 16.0 Å². The van der Waals surface area contributed by atoms with Crippen molar-refractivity contribution < 1.29 is 19.5 Å². The van der Waals surface area contributed by atoms with E-state index in [-0.39, 0.29) is 17.3 Å². The summed E-state index contributed by atoms with van der Waals surface area (Å²) in [5.41, 5.74) is -0.420. The van der Waals surface area contributed by atoms with Gasteiger partial charge in [-0.3, -0.25) is 14.4 Å². The van der Waals surface area contributed by atoms with Gasteiger partial charge in [-0.05, 0) is 13.8 Å². The monoisotopic (exact) mass is 332 g/mol. The van der Waals surface area contributed by atoms with E-state index < -0.39 is 17.3 Å². The van der Waals surface area contributed by atoms with Gasteiger partial charge in [-0.15, -0.1) is 11.3 Å². The molecule has 1 amide bonds. The first kappa shape index (κ1) is 16.8. The summed E-state index contributed by atoms with van der Waals surface area (Å²) in [6, 6.07) is 8.86. The minimum Gasteiger partial charge on any atom is -0.480 e. The van der Waals surface area contributed by atoms with E-state index in [1.807, 2.05) is 6.07 Å². The van der Waals surface area contributed by atoms with Crippen molar-refractivity contribution in [1.29, 1.82) is 0 Å². The van der Waals surface area contributed by atoms with Crippen molar-refractivity contribution in [3.05, 3.63) is 47.0 Å². The molecule has 1 heterocycles. The first-order valence-corrected chi connectivity index (χ1v) is 7.76. The number of rotatable bonds is 6. The predicted octanol–water partition coefficient (Wildman–Crippen LogP) is 2.62. The summed E-state index contributed by atoms with van der Waals surface area (Å²) in [6.07, 6.45) is 0.124. The lowest BCUT2D eigenvalue weighted by Crippen LogP contribution is -2.37. The van der Waals surface area contributed by atoms with Crippen molar-refractivity contribution in [1.82, 2.24) is 4.98 Å². The molecule has 0 spiro atoms. The molecule has 1 aromatic carbocycles. The third-order valence-electron chi connectivity index (χ3n) is 3.31. The Balaban J connectivity index is 2.03. The molecule has 0 unspecified atom stereocenters. The van der Waals surface area contributed by atoms with Crippen LogP contribution >= 0.6 is 11.3 Å². The first-order valence-electron chi connectivity index (χ1n) is 6.88. The Morgan fingerprint density at radius 3 is 2.48 bits per heavy atom. The second-order valence-corrected chi connectivity index (χ2v) is 6.35. The van der Waals surface area contributed by atoms with Crippen LogP contribution in [0.3, 0.4) is 0 Å². The van der Waals surface area contributed by atoms with Gasteiger partial charge in [-0.25, -0.2) is 4.98 Å². The van der Waals surface area contributed by atoms with Gasteiger partial charge in [0, 0.05) is 10.9 Å². The zero-order valence-electron chi connectivity index (χ0n) is 12.7. The number of carboxylic acid groups (broad SMARTS) is 1. The number of amides is 1. The molecule has 0 radical (unpaired) electrons. The second-order valence-electron chi connectivity index (χ2n) is 5.49. The van der Waals surface area contributed by atoms with Gasteiger partial charge in [0.25, 0.3) is 0 Å². The number of hydrogen-bond donors (Lipinski definition) is 2. The van der Waals surface area contributed by atoms with Gasteiger partial charge in [-0.2, -0.15) is 0 Å². The molecule has 0 aliphatic heterocycles. The van der Waals surface area contributed by atoms with Gasteiger partial charge in [0.15, 0.2) is 10.9 Å².